The molecule has 0 radical (unpaired) electrons. The van der Waals surface area contributed by atoms with Crippen molar-refractivity contribution in [3.05, 3.63) is 42.1 Å². The largest absolute Gasteiger partial charge is 0.326 e. The van der Waals surface area contributed by atoms with E-state index >= 15 is 0 Å². The molecule has 1 aromatic heterocycles. The van der Waals surface area contributed by atoms with Gasteiger partial charge >= 0.3 is 0 Å². The van der Waals surface area contributed by atoms with E-state index in [-0.39, 0.29) is 23.8 Å². The molecular formula is C17H20N4O2. The molecule has 2 N–H and O–H groups in total. The van der Waals surface area contributed by atoms with Crippen molar-refractivity contribution in [2.24, 2.45) is 5.92 Å². The van der Waals surface area contributed by atoms with Crippen molar-refractivity contribution in [3.8, 4) is 0 Å². The summed E-state index contributed by atoms with van der Waals surface area (Å²) < 4.78 is 1.75. The molecule has 0 atom stereocenters. The Morgan fingerprint density at radius 2 is 1.83 bits per heavy atom. The Kier molecular flexibility index (Phi) is 4.14. The molecule has 23 heavy (non-hydrogen) atoms. The number of anilines is 2. The third-order valence-electron chi connectivity index (χ3n) is 3.76. The zero-order valence-electron chi connectivity index (χ0n) is 13.2. The second-order valence-corrected chi connectivity index (χ2v) is 6.05. The van der Waals surface area contributed by atoms with Crippen LogP contribution in [0.25, 0.3) is 0 Å². The zero-order chi connectivity index (χ0) is 16.4. The van der Waals surface area contributed by atoms with E-state index in [9.17, 15) is 9.59 Å². The lowest BCUT2D eigenvalue weighted by molar-refractivity contribution is -0.117. The Balaban J connectivity index is 1.65. The minimum atomic E-state index is -0.201. The highest BCUT2D eigenvalue weighted by atomic mass is 16.2. The molecule has 0 unspecified atom stereocenters. The van der Waals surface area contributed by atoms with E-state index in [0.717, 1.165) is 12.8 Å². The number of rotatable bonds is 5. The van der Waals surface area contributed by atoms with Crippen LogP contribution in [0.2, 0.25) is 0 Å². The molecule has 3 rings (SSSR count). The van der Waals surface area contributed by atoms with Gasteiger partial charge < -0.3 is 10.6 Å². The van der Waals surface area contributed by atoms with E-state index in [4.69, 9.17) is 0 Å². The van der Waals surface area contributed by atoms with E-state index in [0.29, 0.717) is 17.1 Å². The summed E-state index contributed by atoms with van der Waals surface area (Å²) in [6, 6.07) is 8.83. The number of aromatic nitrogens is 2. The lowest BCUT2D eigenvalue weighted by atomic mass is 10.2. The van der Waals surface area contributed by atoms with E-state index in [2.05, 4.69) is 15.7 Å². The lowest BCUT2D eigenvalue weighted by Gasteiger charge is -2.12. The van der Waals surface area contributed by atoms with Crippen LogP contribution in [0.3, 0.4) is 0 Å². The summed E-state index contributed by atoms with van der Waals surface area (Å²) in [5, 5.41) is 9.89. The smallest absolute Gasteiger partial charge is 0.256 e. The molecule has 2 aromatic rings. The zero-order valence-corrected chi connectivity index (χ0v) is 13.2. The monoisotopic (exact) mass is 312 g/mol. The average Bonchev–Trinajstić information content (AvgIpc) is 3.28. The maximum atomic E-state index is 12.3. The number of amides is 2. The van der Waals surface area contributed by atoms with Gasteiger partial charge in [-0.25, -0.2) is 4.68 Å². The van der Waals surface area contributed by atoms with Crippen molar-refractivity contribution in [1.29, 1.82) is 0 Å². The number of hydrogen-bond donors (Lipinski definition) is 2. The summed E-state index contributed by atoms with van der Waals surface area (Å²) in [5.41, 5.74) is 1.25. The van der Waals surface area contributed by atoms with Crippen LogP contribution in [0.4, 0.5) is 11.5 Å². The molecule has 1 aliphatic rings. The third-order valence-corrected chi connectivity index (χ3v) is 3.76. The molecule has 2 amide bonds. The van der Waals surface area contributed by atoms with Gasteiger partial charge in [0, 0.05) is 29.3 Å². The topological polar surface area (TPSA) is 76.0 Å². The molecule has 0 saturated heterocycles. The van der Waals surface area contributed by atoms with Gasteiger partial charge in [0.15, 0.2) is 0 Å². The van der Waals surface area contributed by atoms with Gasteiger partial charge in [0.05, 0.1) is 6.20 Å². The Hall–Kier alpha value is -2.63. The van der Waals surface area contributed by atoms with Crippen LogP contribution in [0, 0.1) is 5.92 Å². The van der Waals surface area contributed by atoms with Gasteiger partial charge in [0.2, 0.25) is 5.91 Å². The highest BCUT2D eigenvalue weighted by Crippen LogP contribution is 2.30. The molecule has 1 heterocycles. The summed E-state index contributed by atoms with van der Waals surface area (Å²) in [4.78, 5) is 24.0. The van der Waals surface area contributed by atoms with Crippen LogP contribution < -0.4 is 10.6 Å². The molecule has 0 bridgehead atoms. The Morgan fingerprint density at radius 3 is 2.43 bits per heavy atom. The van der Waals surface area contributed by atoms with E-state index in [1.807, 2.05) is 13.8 Å². The normalized spacial score (nSPS) is 13.9. The van der Waals surface area contributed by atoms with Crippen molar-refractivity contribution in [2.75, 3.05) is 10.6 Å². The first-order chi connectivity index (χ1) is 11.0. The molecule has 1 saturated carbocycles. The van der Waals surface area contributed by atoms with Crippen LogP contribution in [0.15, 0.2) is 36.5 Å². The molecule has 6 nitrogen and oxygen atoms in total. The summed E-state index contributed by atoms with van der Waals surface area (Å²) in [6.45, 7) is 4.00. The highest BCUT2D eigenvalue weighted by Gasteiger charge is 2.29. The van der Waals surface area contributed by atoms with Gasteiger partial charge in [-0.05, 0) is 51.0 Å². The molecule has 6 heteroatoms. The van der Waals surface area contributed by atoms with Gasteiger partial charge in [-0.15, -0.1) is 0 Å². The second kappa shape index (κ2) is 6.24. The van der Waals surface area contributed by atoms with Gasteiger partial charge in [-0.2, -0.15) is 5.10 Å². The van der Waals surface area contributed by atoms with Crippen molar-refractivity contribution >= 4 is 23.3 Å². The fourth-order valence-electron chi connectivity index (χ4n) is 2.31. The second-order valence-electron chi connectivity index (χ2n) is 6.05. The minimum absolute atomic E-state index is 0.0584. The quantitative estimate of drug-likeness (QED) is 0.891. The van der Waals surface area contributed by atoms with E-state index in [1.54, 1.807) is 41.2 Å². The maximum absolute atomic E-state index is 12.3. The lowest BCUT2D eigenvalue weighted by Crippen LogP contribution is -2.17. The first kappa shape index (κ1) is 15.3. The number of nitrogens with zero attached hydrogens (tertiary/aromatic N) is 2. The van der Waals surface area contributed by atoms with E-state index in [1.165, 1.54) is 0 Å². The van der Waals surface area contributed by atoms with Crippen LogP contribution >= 0.6 is 0 Å². The average molecular weight is 312 g/mol. The van der Waals surface area contributed by atoms with Crippen LogP contribution in [-0.2, 0) is 4.79 Å². The first-order valence-corrected chi connectivity index (χ1v) is 7.80. The standard InChI is InChI=1S/C17H20N4O2/c1-11(2)21-15(9-10-18-21)20-17(23)13-5-7-14(8-6-13)19-16(22)12-3-4-12/h5-12H,3-4H2,1-2H3,(H,19,22)(H,20,23). The number of hydrogen-bond acceptors (Lipinski definition) is 3. The molecule has 1 aliphatic carbocycles. The predicted molar refractivity (Wildman–Crippen MR) is 88.4 cm³/mol. The summed E-state index contributed by atoms with van der Waals surface area (Å²) in [5.74, 6) is 0.681. The third kappa shape index (κ3) is 3.59. The van der Waals surface area contributed by atoms with E-state index < -0.39 is 0 Å². The Morgan fingerprint density at radius 1 is 1.13 bits per heavy atom. The molecule has 120 valence electrons. The highest BCUT2D eigenvalue weighted by molar-refractivity contribution is 6.04. The number of carbonyl (C=O) groups excluding carboxylic acids is 2. The summed E-state index contributed by atoms with van der Waals surface area (Å²) in [6.07, 6.45) is 3.60. The first-order valence-electron chi connectivity index (χ1n) is 7.80. The fourth-order valence-corrected chi connectivity index (χ4v) is 2.31. The Bertz CT molecular complexity index is 714. The molecule has 1 aromatic carbocycles. The Labute approximate surface area is 134 Å². The van der Waals surface area contributed by atoms with Gasteiger partial charge in [0.25, 0.3) is 5.91 Å². The SMILES string of the molecule is CC(C)n1nccc1NC(=O)c1ccc(NC(=O)C2CC2)cc1. The summed E-state index contributed by atoms with van der Waals surface area (Å²) in [7, 11) is 0. The van der Waals surface area contributed by atoms with Gasteiger partial charge in [-0.1, -0.05) is 0 Å². The van der Waals surface area contributed by atoms with Crippen LogP contribution in [0.1, 0.15) is 43.1 Å². The van der Waals surface area contributed by atoms with Gasteiger partial charge in [0.1, 0.15) is 5.82 Å². The van der Waals surface area contributed by atoms with Crippen molar-refractivity contribution in [2.45, 2.75) is 32.7 Å². The van der Waals surface area contributed by atoms with Crippen LogP contribution in [0.5, 0.6) is 0 Å². The van der Waals surface area contributed by atoms with Crippen molar-refractivity contribution in [3.63, 3.8) is 0 Å². The predicted octanol–water partition coefficient (Wildman–Crippen LogP) is 3.06. The van der Waals surface area contributed by atoms with Crippen molar-refractivity contribution < 1.29 is 9.59 Å². The molecule has 1 fully saturated rings. The number of nitrogens with one attached hydrogen (secondary N) is 2. The van der Waals surface area contributed by atoms with Crippen LogP contribution in [-0.4, -0.2) is 21.6 Å². The summed E-state index contributed by atoms with van der Waals surface area (Å²) >= 11 is 0. The van der Waals surface area contributed by atoms with Gasteiger partial charge in [-0.3, -0.25) is 9.59 Å². The molecule has 0 aliphatic heterocycles. The molecule has 0 spiro atoms. The van der Waals surface area contributed by atoms with Crippen molar-refractivity contribution in [1.82, 2.24) is 9.78 Å². The maximum Gasteiger partial charge on any atom is 0.256 e. The molecular weight excluding hydrogens is 292 g/mol. The fraction of sp³-hybridized carbons (Fsp3) is 0.353. The number of benzene rings is 1. The minimum Gasteiger partial charge on any atom is -0.326 e. The number of carbonyl (C=O) groups is 2.